The molecule has 0 aliphatic carbocycles. The number of rotatable bonds is 4. The normalized spacial score (nSPS) is 23.5. The summed E-state index contributed by atoms with van der Waals surface area (Å²) in [5, 5.41) is 0. The van der Waals surface area contributed by atoms with E-state index in [2.05, 4.69) is 4.98 Å². The minimum absolute atomic E-state index is 0.0344. The number of fused-ring (bicyclic) bond motifs is 2. The van der Waals surface area contributed by atoms with Crippen LogP contribution in [0.2, 0.25) is 0 Å². The minimum Gasteiger partial charge on any atom is -0.438 e. The van der Waals surface area contributed by atoms with Crippen molar-refractivity contribution in [2.75, 3.05) is 33.7 Å². The zero-order valence-electron chi connectivity index (χ0n) is 13.7. The number of piperidine rings is 1. The largest absolute Gasteiger partial charge is 0.438 e. The van der Waals surface area contributed by atoms with Gasteiger partial charge in [0.15, 0.2) is 0 Å². The highest BCUT2D eigenvalue weighted by molar-refractivity contribution is 5.91. The van der Waals surface area contributed by atoms with Gasteiger partial charge in [-0.25, -0.2) is 4.98 Å². The molecular formula is C16H22N4O3. The van der Waals surface area contributed by atoms with E-state index in [4.69, 9.17) is 4.42 Å². The van der Waals surface area contributed by atoms with Crippen LogP contribution < -0.4 is 0 Å². The van der Waals surface area contributed by atoms with Crippen LogP contribution in [0.4, 0.5) is 0 Å². The summed E-state index contributed by atoms with van der Waals surface area (Å²) >= 11 is 0. The van der Waals surface area contributed by atoms with Gasteiger partial charge in [-0.1, -0.05) is 6.08 Å². The SMILES string of the molecule is Cc1cnc(C(=O)N2CC3CC(C2)N3C(=O)/C=C/CN(C)C)o1. The number of hydrogen-bond donors (Lipinski definition) is 0. The van der Waals surface area contributed by atoms with E-state index in [1.54, 1.807) is 24.1 Å². The smallest absolute Gasteiger partial charge is 0.309 e. The van der Waals surface area contributed by atoms with Crippen LogP contribution in [0, 0.1) is 6.92 Å². The molecule has 0 aromatic carbocycles. The third-order valence-electron chi connectivity index (χ3n) is 4.27. The van der Waals surface area contributed by atoms with Crippen LogP contribution in [0.5, 0.6) is 0 Å². The molecule has 0 spiro atoms. The summed E-state index contributed by atoms with van der Waals surface area (Å²) in [6.45, 7) is 3.59. The molecule has 4 heterocycles. The molecule has 7 nitrogen and oxygen atoms in total. The van der Waals surface area contributed by atoms with Gasteiger partial charge in [-0.3, -0.25) is 9.59 Å². The summed E-state index contributed by atoms with van der Waals surface area (Å²) in [5.74, 6) is 0.598. The predicted molar refractivity (Wildman–Crippen MR) is 83.9 cm³/mol. The molecule has 2 unspecified atom stereocenters. The molecule has 3 aliphatic heterocycles. The van der Waals surface area contributed by atoms with Gasteiger partial charge in [0.1, 0.15) is 5.76 Å². The average Bonchev–Trinajstić information content (AvgIpc) is 2.92. The van der Waals surface area contributed by atoms with E-state index in [9.17, 15) is 9.59 Å². The molecule has 1 aromatic heterocycles. The van der Waals surface area contributed by atoms with Crippen molar-refractivity contribution in [2.45, 2.75) is 25.4 Å². The molecule has 124 valence electrons. The first-order valence-electron chi connectivity index (χ1n) is 7.81. The van der Waals surface area contributed by atoms with Gasteiger partial charge in [-0.15, -0.1) is 0 Å². The Labute approximate surface area is 135 Å². The highest BCUT2D eigenvalue weighted by atomic mass is 16.4. The van der Waals surface area contributed by atoms with Crippen molar-refractivity contribution in [1.29, 1.82) is 0 Å². The number of oxazole rings is 1. The monoisotopic (exact) mass is 318 g/mol. The lowest BCUT2D eigenvalue weighted by Gasteiger charge is -2.55. The first-order valence-corrected chi connectivity index (χ1v) is 7.81. The lowest BCUT2D eigenvalue weighted by atomic mass is 9.87. The Kier molecular flexibility index (Phi) is 4.21. The fraction of sp³-hybridized carbons (Fsp3) is 0.562. The predicted octanol–water partition coefficient (Wildman–Crippen LogP) is 0.526. The van der Waals surface area contributed by atoms with Crippen LogP contribution in [0.1, 0.15) is 22.9 Å². The van der Waals surface area contributed by atoms with E-state index >= 15 is 0 Å². The molecule has 23 heavy (non-hydrogen) atoms. The maximum Gasteiger partial charge on any atom is 0.309 e. The fourth-order valence-corrected chi connectivity index (χ4v) is 3.17. The summed E-state index contributed by atoms with van der Waals surface area (Å²) < 4.78 is 5.30. The fourth-order valence-electron chi connectivity index (χ4n) is 3.17. The van der Waals surface area contributed by atoms with E-state index in [-0.39, 0.29) is 29.8 Å². The van der Waals surface area contributed by atoms with Crippen LogP contribution in [-0.4, -0.2) is 77.3 Å². The first-order chi connectivity index (χ1) is 11.0. The Hall–Kier alpha value is -2.15. The number of hydrogen-bond acceptors (Lipinski definition) is 5. The van der Waals surface area contributed by atoms with E-state index in [1.807, 2.05) is 30.0 Å². The molecule has 3 saturated heterocycles. The van der Waals surface area contributed by atoms with E-state index in [0.29, 0.717) is 18.8 Å². The second-order valence-electron chi connectivity index (χ2n) is 6.44. The van der Waals surface area contributed by atoms with Gasteiger partial charge in [0.05, 0.1) is 18.3 Å². The van der Waals surface area contributed by atoms with Crippen molar-refractivity contribution >= 4 is 11.8 Å². The summed E-state index contributed by atoms with van der Waals surface area (Å²) in [7, 11) is 3.92. The Bertz CT molecular complexity index is 625. The van der Waals surface area contributed by atoms with Crippen molar-refractivity contribution in [1.82, 2.24) is 19.7 Å². The van der Waals surface area contributed by atoms with Gasteiger partial charge < -0.3 is 19.1 Å². The van der Waals surface area contributed by atoms with E-state index < -0.39 is 0 Å². The number of likely N-dealkylation sites (N-methyl/N-ethyl adjacent to an activating group) is 1. The summed E-state index contributed by atoms with van der Waals surface area (Å²) in [6, 6.07) is 0.204. The Morgan fingerprint density at radius 2 is 2.09 bits per heavy atom. The van der Waals surface area contributed by atoms with Crippen LogP contribution >= 0.6 is 0 Å². The standard InChI is InChI=1S/C16H22N4O3/c1-11-8-17-15(23-11)16(22)19-9-12-7-13(10-19)20(12)14(21)5-4-6-18(2)3/h4-5,8,12-13H,6-7,9-10H2,1-3H3/b5-4+. The van der Waals surface area contributed by atoms with Crippen LogP contribution in [0.25, 0.3) is 0 Å². The third kappa shape index (κ3) is 3.14. The molecule has 2 bridgehead atoms. The van der Waals surface area contributed by atoms with Crippen molar-refractivity contribution < 1.29 is 14.0 Å². The van der Waals surface area contributed by atoms with Gasteiger partial charge in [0, 0.05) is 25.7 Å². The van der Waals surface area contributed by atoms with Crippen molar-refractivity contribution in [3.05, 3.63) is 30.0 Å². The summed E-state index contributed by atoms with van der Waals surface area (Å²) in [6.07, 6.45) is 6.01. The Morgan fingerprint density at radius 3 is 2.65 bits per heavy atom. The minimum atomic E-state index is -0.192. The topological polar surface area (TPSA) is 69.9 Å². The van der Waals surface area contributed by atoms with Crippen LogP contribution in [0.3, 0.4) is 0 Å². The van der Waals surface area contributed by atoms with Crippen molar-refractivity contribution in [3.8, 4) is 0 Å². The van der Waals surface area contributed by atoms with Gasteiger partial charge in [0.2, 0.25) is 5.91 Å². The molecule has 2 amide bonds. The number of carbonyl (C=O) groups excluding carboxylic acids is 2. The number of piperazine rings is 1. The Morgan fingerprint density at radius 1 is 1.39 bits per heavy atom. The molecular weight excluding hydrogens is 296 g/mol. The molecule has 4 rings (SSSR count). The maximum absolute atomic E-state index is 12.3. The summed E-state index contributed by atoms with van der Waals surface area (Å²) in [5.41, 5.74) is 0. The quantitative estimate of drug-likeness (QED) is 0.757. The average molecular weight is 318 g/mol. The van der Waals surface area contributed by atoms with Crippen molar-refractivity contribution in [3.63, 3.8) is 0 Å². The zero-order chi connectivity index (χ0) is 16.6. The molecule has 3 aliphatic rings. The summed E-state index contributed by atoms with van der Waals surface area (Å²) in [4.78, 5) is 34.2. The Balaban J connectivity index is 1.58. The molecule has 0 N–H and O–H groups in total. The molecule has 1 aromatic rings. The number of carbonyl (C=O) groups is 2. The van der Waals surface area contributed by atoms with Gasteiger partial charge in [-0.05, 0) is 27.4 Å². The van der Waals surface area contributed by atoms with Gasteiger partial charge in [-0.2, -0.15) is 0 Å². The maximum atomic E-state index is 12.3. The number of aromatic nitrogens is 1. The number of amides is 2. The molecule has 0 saturated carbocycles. The first kappa shape index (κ1) is 15.7. The number of nitrogens with zero attached hydrogens (tertiary/aromatic N) is 4. The van der Waals surface area contributed by atoms with E-state index in [0.717, 1.165) is 13.0 Å². The molecule has 2 atom stereocenters. The molecule has 0 radical (unpaired) electrons. The lowest BCUT2D eigenvalue weighted by molar-refractivity contribution is -0.146. The van der Waals surface area contributed by atoms with Gasteiger partial charge >= 0.3 is 5.91 Å². The zero-order valence-corrected chi connectivity index (χ0v) is 13.7. The second kappa shape index (κ2) is 6.16. The lowest BCUT2D eigenvalue weighted by Crippen LogP contribution is -2.70. The van der Waals surface area contributed by atoms with Gasteiger partial charge in [0.25, 0.3) is 5.89 Å². The van der Waals surface area contributed by atoms with Crippen molar-refractivity contribution in [2.24, 2.45) is 0 Å². The molecule has 7 heteroatoms. The van der Waals surface area contributed by atoms with Crippen LogP contribution in [0.15, 0.2) is 22.8 Å². The second-order valence-corrected chi connectivity index (χ2v) is 6.44. The van der Waals surface area contributed by atoms with Crippen LogP contribution in [-0.2, 0) is 4.79 Å². The number of aryl methyl sites for hydroxylation is 1. The van der Waals surface area contributed by atoms with E-state index in [1.165, 1.54) is 0 Å². The third-order valence-corrected chi connectivity index (χ3v) is 4.27. The molecule has 3 fully saturated rings. The highest BCUT2D eigenvalue weighted by Crippen LogP contribution is 2.33. The highest BCUT2D eigenvalue weighted by Gasteiger charge is 2.48.